The predicted molar refractivity (Wildman–Crippen MR) is 124 cm³/mol. The molecule has 3 heterocycles. The lowest BCUT2D eigenvalue weighted by atomic mass is 10.0. The second kappa shape index (κ2) is 9.18. The molecule has 0 aliphatic rings. The van der Waals surface area contributed by atoms with E-state index in [1.54, 1.807) is 25.5 Å². The van der Waals surface area contributed by atoms with Crippen molar-refractivity contribution in [3.05, 3.63) is 94.2 Å². The molecular formula is C25H27N5O2. The minimum absolute atomic E-state index is 0.229. The van der Waals surface area contributed by atoms with Crippen molar-refractivity contribution in [2.45, 2.75) is 32.9 Å². The van der Waals surface area contributed by atoms with E-state index < -0.39 is 0 Å². The van der Waals surface area contributed by atoms with E-state index in [4.69, 9.17) is 5.10 Å². The molecule has 0 saturated carbocycles. The molecule has 7 heteroatoms. The summed E-state index contributed by atoms with van der Waals surface area (Å²) in [5.74, 6) is 0.0923. The summed E-state index contributed by atoms with van der Waals surface area (Å²) < 4.78 is 3.35. The Bertz CT molecular complexity index is 1290. The lowest BCUT2D eigenvalue weighted by molar-refractivity contribution is 0.0935. The van der Waals surface area contributed by atoms with Gasteiger partial charge in [-0.1, -0.05) is 44.2 Å². The molecule has 0 saturated heterocycles. The number of nitrogens with zero attached hydrogens (tertiary/aromatic N) is 4. The van der Waals surface area contributed by atoms with E-state index in [-0.39, 0.29) is 17.5 Å². The maximum absolute atomic E-state index is 13.1. The van der Waals surface area contributed by atoms with Crippen LogP contribution < -0.4 is 10.9 Å². The van der Waals surface area contributed by atoms with Gasteiger partial charge in [0.1, 0.15) is 0 Å². The lowest BCUT2D eigenvalue weighted by Crippen LogP contribution is -2.31. The highest BCUT2D eigenvalue weighted by Gasteiger charge is 2.24. The Morgan fingerprint density at radius 2 is 1.88 bits per heavy atom. The third-order valence-electron chi connectivity index (χ3n) is 5.36. The monoisotopic (exact) mass is 429 g/mol. The number of nitrogens with one attached hydrogen (secondary N) is 1. The van der Waals surface area contributed by atoms with Gasteiger partial charge in [-0.3, -0.25) is 9.59 Å². The lowest BCUT2D eigenvalue weighted by Gasteiger charge is -2.18. The molecule has 32 heavy (non-hydrogen) atoms. The molecule has 4 rings (SSSR count). The molecule has 0 aliphatic carbocycles. The average Bonchev–Trinajstić information content (AvgIpc) is 3.14. The number of carbonyl (C=O) groups excluding carboxylic acids is 1. The first-order valence-corrected chi connectivity index (χ1v) is 10.7. The van der Waals surface area contributed by atoms with Gasteiger partial charge in [-0.15, -0.1) is 0 Å². The van der Waals surface area contributed by atoms with Crippen molar-refractivity contribution in [1.82, 2.24) is 24.6 Å². The van der Waals surface area contributed by atoms with Crippen molar-refractivity contribution in [2.75, 3.05) is 0 Å². The van der Waals surface area contributed by atoms with Gasteiger partial charge in [-0.25, -0.2) is 9.67 Å². The van der Waals surface area contributed by atoms with Gasteiger partial charge >= 0.3 is 0 Å². The summed E-state index contributed by atoms with van der Waals surface area (Å²) in [5, 5.41) is 8.91. The van der Waals surface area contributed by atoms with Crippen LogP contribution in [0.4, 0.5) is 0 Å². The molecule has 3 aromatic heterocycles. The molecular weight excluding hydrogens is 402 g/mol. The van der Waals surface area contributed by atoms with E-state index in [0.29, 0.717) is 17.9 Å². The number of fused-ring (bicyclic) bond motifs is 1. The molecule has 1 aromatic carbocycles. The number of aryl methyl sites for hydroxylation is 1. The van der Waals surface area contributed by atoms with Crippen LogP contribution in [0.1, 0.15) is 41.5 Å². The molecule has 0 radical (unpaired) electrons. The molecule has 1 unspecified atom stereocenters. The van der Waals surface area contributed by atoms with E-state index >= 15 is 0 Å². The van der Waals surface area contributed by atoms with Crippen LogP contribution in [0, 0.1) is 5.92 Å². The minimum Gasteiger partial charge on any atom is -0.343 e. The van der Waals surface area contributed by atoms with Gasteiger partial charge in [0.25, 0.3) is 11.5 Å². The maximum atomic E-state index is 13.1. The molecule has 0 spiro atoms. The van der Waals surface area contributed by atoms with Crippen molar-refractivity contribution in [3.63, 3.8) is 0 Å². The largest absolute Gasteiger partial charge is 0.343 e. The van der Waals surface area contributed by atoms with Gasteiger partial charge in [0.05, 0.1) is 11.7 Å². The first-order valence-electron chi connectivity index (χ1n) is 10.7. The number of benzene rings is 1. The van der Waals surface area contributed by atoms with Crippen molar-refractivity contribution in [1.29, 1.82) is 0 Å². The molecule has 0 aliphatic heterocycles. The summed E-state index contributed by atoms with van der Waals surface area (Å²) >= 11 is 0. The fraction of sp³-hybridized carbons (Fsp3) is 0.280. The van der Waals surface area contributed by atoms with E-state index in [2.05, 4.69) is 24.1 Å². The summed E-state index contributed by atoms with van der Waals surface area (Å²) in [6.07, 6.45) is 3.93. The number of hydrogen-bond donors (Lipinski definition) is 1. The van der Waals surface area contributed by atoms with Crippen LogP contribution in [-0.2, 0) is 20.0 Å². The van der Waals surface area contributed by atoms with E-state index in [9.17, 15) is 9.59 Å². The fourth-order valence-corrected chi connectivity index (χ4v) is 3.76. The number of amides is 1. The number of pyridine rings is 2. The van der Waals surface area contributed by atoms with Crippen molar-refractivity contribution in [2.24, 2.45) is 13.0 Å². The highest BCUT2D eigenvalue weighted by Crippen LogP contribution is 2.26. The molecule has 1 atom stereocenters. The maximum Gasteiger partial charge on any atom is 0.252 e. The summed E-state index contributed by atoms with van der Waals surface area (Å²) in [6.45, 7) is 5.00. The van der Waals surface area contributed by atoms with Crippen LogP contribution in [-0.4, -0.2) is 25.2 Å². The quantitative estimate of drug-likeness (QED) is 0.488. The summed E-state index contributed by atoms with van der Waals surface area (Å²) in [6, 6.07) is 16.5. The highest BCUT2D eigenvalue weighted by atomic mass is 16.2. The van der Waals surface area contributed by atoms with Crippen molar-refractivity contribution in [3.8, 4) is 0 Å². The smallest absolute Gasteiger partial charge is 0.252 e. The molecule has 0 fully saturated rings. The molecule has 1 amide bonds. The topological polar surface area (TPSA) is 81.8 Å². The SMILES string of the molecule is CC(C)Cn1nc(C(Cc2ccccc2)NC(=O)c2ccn(C)c(=O)c2)c2cccnc21. The third-order valence-corrected chi connectivity index (χ3v) is 5.36. The van der Waals surface area contributed by atoms with Gasteiger partial charge in [-0.05, 0) is 36.1 Å². The summed E-state index contributed by atoms with van der Waals surface area (Å²) in [5.41, 5.74) is 2.76. The molecule has 4 aromatic rings. The minimum atomic E-state index is -0.380. The molecule has 7 nitrogen and oxygen atoms in total. The average molecular weight is 430 g/mol. The Morgan fingerprint density at radius 1 is 1.09 bits per heavy atom. The zero-order valence-electron chi connectivity index (χ0n) is 18.5. The Kier molecular flexibility index (Phi) is 6.16. The molecule has 1 N–H and O–H groups in total. The number of carbonyl (C=O) groups is 1. The molecule has 0 bridgehead atoms. The normalized spacial score (nSPS) is 12.2. The predicted octanol–water partition coefficient (Wildman–Crippen LogP) is 3.50. The second-order valence-electron chi connectivity index (χ2n) is 8.42. The Balaban J connectivity index is 1.75. The number of hydrogen-bond acceptors (Lipinski definition) is 4. The number of aromatic nitrogens is 4. The van der Waals surface area contributed by atoms with Gasteiger partial charge in [0.15, 0.2) is 5.65 Å². The zero-order valence-corrected chi connectivity index (χ0v) is 18.5. The van der Waals surface area contributed by atoms with E-state index in [1.165, 1.54) is 10.6 Å². The molecule has 164 valence electrons. The van der Waals surface area contributed by atoms with E-state index in [0.717, 1.165) is 28.8 Å². The van der Waals surface area contributed by atoms with Crippen molar-refractivity contribution < 1.29 is 4.79 Å². The highest BCUT2D eigenvalue weighted by molar-refractivity contribution is 5.94. The Morgan fingerprint density at radius 3 is 2.59 bits per heavy atom. The fourth-order valence-electron chi connectivity index (χ4n) is 3.76. The van der Waals surface area contributed by atoms with Crippen LogP contribution >= 0.6 is 0 Å². The standard InChI is InChI=1S/C25H27N5O2/c1-17(2)16-30-24-20(10-7-12-26-24)23(28-30)21(14-18-8-5-4-6-9-18)27-25(32)19-11-13-29(3)22(31)15-19/h4-13,15,17,21H,14,16H2,1-3H3,(H,27,32). The van der Waals surface area contributed by atoms with Crippen LogP contribution in [0.3, 0.4) is 0 Å². The first-order chi connectivity index (χ1) is 15.4. The van der Waals surface area contributed by atoms with Crippen LogP contribution in [0.2, 0.25) is 0 Å². The van der Waals surface area contributed by atoms with Crippen LogP contribution in [0.25, 0.3) is 11.0 Å². The summed E-state index contributed by atoms with van der Waals surface area (Å²) in [7, 11) is 1.66. The zero-order chi connectivity index (χ0) is 22.7. The van der Waals surface area contributed by atoms with Crippen LogP contribution in [0.5, 0.6) is 0 Å². The Hall–Kier alpha value is -3.74. The van der Waals surface area contributed by atoms with Gasteiger partial charge in [0, 0.05) is 43.0 Å². The van der Waals surface area contributed by atoms with Gasteiger partial charge < -0.3 is 9.88 Å². The van der Waals surface area contributed by atoms with Crippen molar-refractivity contribution >= 4 is 16.9 Å². The van der Waals surface area contributed by atoms with Gasteiger partial charge in [0.2, 0.25) is 0 Å². The number of rotatable bonds is 7. The van der Waals surface area contributed by atoms with E-state index in [1.807, 2.05) is 47.1 Å². The Labute approximate surface area is 186 Å². The van der Waals surface area contributed by atoms with Crippen LogP contribution in [0.15, 0.2) is 71.8 Å². The second-order valence-corrected chi connectivity index (χ2v) is 8.42. The first kappa shape index (κ1) is 21.5. The third kappa shape index (κ3) is 4.61. The van der Waals surface area contributed by atoms with Gasteiger partial charge in [-0.2, -0.15) is 5.10 Å². The summed E-state index contributed by atoms with van der Waals surface area (Å²) in [4.78, 5) is 29.7.